The van der Waals surface area contributed by atoms with E-state index in [2.05, 4.69) is 67.6 Å². The van der Waals surface area contributed by atoms with Crippen molar-refractivity contribution >= 4 is 0 Å². The largest absolute Gasteiger partial charge is 0.0622 e. The highest BCUT2D eigenvalue weighted by Gasteiger charge is 2.03. The summed E-state index contributed by atoms with van der Waals surface area (Å²) in [7, 11) is 0. The van der Waals surface area contributed by atoms with E-state index in [1.165, 1.54) is 36.8 Å². The van der Waals surface area contributed by atoms with Crippen LogP contribution in [0.2, 0.25) is 0 Å². The minimum atomic E-state index is 0.774. The van der Waals surface area contributed by atoms with Gasteiger partial charge in [0.05, 0.1) is 0 Å². The first-order valence-corrected chi connectivity index (χ1v) is 6.92. The lowest BCUT2D eigenvalue weighted by molar-refractivity contribution is 0.508. The van der Waals surface area contributed by atoms with Crippen LogP contribution in [0.5, 0.6) is 0 Å². The second-order valence-corrected chi connectivity index (χ2v) is 5.17. The molecule has 2 aromatic rings. The highest BCUT2D eigenvalue weighted by molar-refractivity contribution is 5.16. The van der Waals surface area contributed by atoms with Crippen molar-refractivity contribution in [3.63, 3.8) is 0 Å². The topological polar surface area (TPSA) is 0 Å². The fraction of sp³-hybridized carbons (Fsp3) is 0.333. The summed E-state index contributed by atoms with van der Waals surface area (Å²) in [4.78, 5) is 0. The number of hydrogen-bond acceptors (Lipinski definition) is 0. The van der Waals surface area contributed by atoms with Crippen molar-refractivity contribution in [1.82, 2.24) is 0 Å². The van der Waals surface area contributed by atoms with Gasteiger partial charge in [0.25, 0.3) is 0 Å². The minimum absolute atomic E-state index is 0.774. The van der Waals surface area contributed by atoms with Gasteiger partial charge in [-0.25, -0.2) is 0 Å². The van der Waals surface area contributed by atoms with Gasteiger partial charge in [0, 0.05) is 0 Å². The highest BCUT2D eigenvalue weighted by atomic mass is 14.1. The van der Waals surface area contributed by atoms with E-state index in [-0.39, 0.29) is 0 Å². The van der Waals surface area contributed by atoms with Gasteiger partial charge < -0.3 is 0 Å². The molecule has 0 unspecified atom stereocenters. The molecule has 0 saturated heterocycles. The lowest BCUT2D eigenvalue weighted by Crippen LogP contribution is -2.00. The van der Waals surface area contributed by atoms with Gasteiger partial charge in [-0.15, -0.1) is 0 Å². The molecule has 0 fully saturated rings. The van der Waals surface area contributed by atoms with Crippen LogP contribution in [0.4, 0.5) is 0 Å². The van der Waals surface area contributed by atoms with Crippen LogP contribution in [0.3, 0.4) is 0 Å². The van der Waals surface area contributed by atoms with E-state index in [0.29, 0.717) is 0 Å². The van der Waals surface area contributed by atoms with Gasteiger partial charge in [-0.2, -0.15) is 0 Å². The van der Waals surface area contributed by atoms with Crippen molar-refractivity contribution in [3.05, 3.63) is 71.8 Å². The Morgan fingerprint density at radius 3 is 1.94 bits per heavy atom. The van der Waals surface area contributed by atoms with Crippen LogP contribution in [-0.4, -0.2) is 0 Å². The zero-order chi connectivity index (χ0) is 12.6. The van der Waals surface area contributed by atoms with E-state index in [0.717, 1.165) is 5.92 Å². The van der Waals surface area contributed by atoms with E-state index < -0.39 is 0 Å². The Balaban J connectivity index is 1.71. The second kappa shape index (κ2) is 7.00. The normalized spacial score (nSPS) is 12.3. The Hall–Kier alpha value is -1.56. The molecule has 0 aliphatic heterocycles. The predicted octanol–water partition coefficient (Wildman–Crippen LogP) is 4.89. The molecule has 0 heteroatoms. The van der Waals surface area contributed by atoms with Crippen LogP contribution in [0, 0.1) is 5.92 Å². The van der Waals surface area contributed by atoms with E-state index in [4.69, 9.17) is 0 Å². The van der Waals surface area contributed by atoms with Gasteiger partial charge in [0.1, 0.15) is 0 Å². The third kappa shape index (κ3) is 4.37. The lowest BCUT2D eigenvalue weighted by atomic mass is 9.95. The summed E-state index contributed by atoms with van der Waals surface area (Å²) in [6.45, 7) is 2.36. The molecule has 2 rings (SSSR count). The summed E-state index contributed by atoms with van der Waals surface area (Å²) in [6.07, 6.45) is 5.01. The minimum Gasteiger partial charge on any atom is -0.0622 e. The van der Waals surface area contributed by atoms with E-state index in [9.17, 15) is 0 Å². The maximum absolute atomic E-state index is 2.36. The third-order valence-electron chi connectivity index (χ3n) is 3.43. The zero-order valence-corrected chi connectivity index (χ0v) is 11.2. The van der Waals surface area contributed by atoms with Gasteiger partial charge >= 0.3 is 0 Å². The third-order valence-corrected chi connectivity index (χ3v) is 3.43. The SMILES string of the molecule is C[C@@H](CCCc1ccccc1)Cc1ccccc1. The molecule has 0 bridgehead atoms. The molecule has 18 heavy (non-hydrogen) atoms. The molecular weight excluding hydrogens is 216 g/mol. The van der Waals surface area contributed by atoms with E-state index in [1.54, 1.807) is 0 Å². The van der Waals surface area contributed by atoms with Gasteiger partial charge in [-0.1, -0.05) is 74.0 Å². The van der Waals surface area contributed by atoms with Crippen molar-refractivity contribution in [3.8, 4) is 0 Å². The number of rotatable bonds is 6. The fourth-order valence-electron chi connectivity index (χ4n) is 2.42. The van der Waals surface area contributed by atoms with E-state index in [1.807, 2.05) is 0 Å². The smallest absolute Gasteiger partial charge is 0.0253 e. The molecule has 0 radical (unpaired) electrons. The zero-order valence-electron chi connectivity index (χ0n) is 11.2. The molecule has 0 N–H and O–H groups in total. The number of aryl methyl sites for hydroxylation is 1. The molecule has 0 saturated carbocycles. The quantitative estimate of drug-likeness (QED) is 0.672. The maximum atomic E-state index is 2.36. The standard InChI is InChI=1S/C18H22/c1-16(15-18-12-6-3-7-13-18)9-8-14-17-10-4-2-5-11-17/h2-7,10-13,16H,8-9,14-15H2,1H3/t16-/m0/s1. The van der Waals surface area contributed by atoms with Crippen LogP contribution < -0.4 is 0 Å². The first-order valence-electron chi connectivity index (χ1n) is 6.92. The molecule has 94 valence electrons. The molecule has 0 heterocycles. The van der Waals surface area contributed by atoms with Gasteiger partial charge in [-0.3, -0.25) is 0 Å². The fourth-order valence-corrected chi connectivity index (χ4v) is 2.42. The predicted molar refractivity (Wildman–Crippen MR) is 78.7 cm³/mol. The summed E-state index contributed by atoms with van der Waals surface area (Å²) >= 11 is 0. The van der Waals surface area contributed by atoms with Crippen molar-refractivity contribution < 1.29 is 0 Å². The summed E-state index contributed by atoms with van der Waals surface area (Å²) in [5.41, 5.74) is 2.93. The molecule has 2 aromatic carbocycles. The molecule has 1 atom stereocenters. The molecule has 0 amide bonds. The summed E-state index contributed by atoms with van der Waals surface area (Å²) in [6, 6.07) is 21.6. The molecular formula is C18H22. The van der Waals surface area contributed by atoms with Crippen molar-refractivity contribution in [2.24, 2.45) is 5.92 Å². The maximum Gasteiger partial charge on any atom is -0.0253 e. The molecule has 0 nitrogen and oxygen atoms in total. The Labute approximate surface area is 111 Å². The van der Waals surface area contributed by atoms with Crippen molar-refractivity contribution in [2.75, 3.05) is 0 Å². The summed E-state index contributed by atoms with van der Waals surface area (Å²) < 4.78 is 0. The Kier molecular flexibility index (Phi) is 5.01. The average molecular weight is 238 g/mol. The van der Waals surface area contributed by atoms with Crippen LogP contribution in [0.15, 0.2) is 60.7 Å². The Morgan fingerprint density at radius 1 is 0.778 bits per heavy atom. The average Bonchev–Trinajstić information content (AvgIpc) is 2.41. The first kappa shape index (κ1) is 12.9. The number of hydrogen-bond donors (Lipinski definition) is 0. The number of benzene rings is 2. The van der Waals surface area contributed by atoms with Gasteiger partial charge in [-0.05, 0) is 36.3 Å². The van der Waals surface area contributed by atoms with Crippen LogP contribution in [0.1, 0.15) is 30.9 Å². The highest BCUT2D eigenvalue weighted by Crippen LogP contribution is 2.15. The molecule has 0 aliphatic carbocycles. The first-order chi connectivity index (χ1) is 8.84. The van der Waals surface area contributed by atoms with Crippen LogP contribution >= 0.6 is 0 Å². The van der Waals surface area contributed by atoms with Gasteiger partial charge in [0.2, 0.25) is 0 Å². The molecule has 0 spiro atoms. The van der Waals surface area contributed by atoms with Crippen LogP contribution in [-0.2, 0) is 12.8 Å². The molecule has 0 aliphatic rings. The van der Waals surface area contributed by atoms with Crippen molar-refractivity contribution in [2.45, 2.75) is 32.6 Å². The van der Waals surface area contributed by atoms with E-state index >= 15 is 0 Å². The Bertz CT molecular complexity index is 430. The second-order valence-electron chi connectivity index (χ2n) is 5.17. The summed E-state index contributed by atoms with van der Waals surface area (Å²) in [5, 5.41) is 0. The monoisotopic (exact) mass is 238 g/mol. The summed E-state index contributed by atoms with van der Waals surface area (Å²) in [5.74, 6) is 0.774. The van der Waals surface area contributed by atoms with Crippen molar-refractivity contribution in [1.29, 1.82) is 0 Å². The van der Waals surface area contributed by atoms with Gasteiger partial charge in [0.15, 0.2) is 0 Å². The molecule has 0 aromatic heterocycles. The lowest BCUT2D eigenvalue weighted by Gasteiger charge is -2.11. The van der Waals surface area contributed by atoms with Crippen LogP contribution in [0.25, 0.3) is 0 Å². The Morgan fingerprint density at radius 2 is 1.33 bits per heavy atom.